The number of halogens is 2. The van der Waals surface area contributed by atoms with E-state index < -0.39 is 24.1 Å². The molecule has 0 radical (unpaired) electrons. The van der Waals surface area contributed by atoms with Gasteiger partial charge in [0.05, 0.1) is 30.7 Å². The topological polar surface area (TPSA) is 104 Å². The molecule has 0 atom stereocenters. The molecule has 1 aromatic carbocycles. The molecule has 0 spiro atoms. The number of nitrogens with zero attached hydrogens (tertiary/aromatic N) is 5. The number of morpholine rings is 1. The van der Waals surface area contributed by atoms with Crippen molar-refractivity contribution in [3.63, 3.8) is 0 Å². The highest BCUT2D eigenvalue weighted by molar-refractivity contribution is 6.04. The maximum Gasteiger partial charge on any atom is 0.282 e. The molecule has 9 nitrogen and oxygen atoms in total. The number of amides is 1. The van der Waals surface area contributed by atoms with E-state index in [1.807, 2.05) is 4.90 Å². The summed E-state index contributed by atoms with van der Waals surface area (Å²) in [6, 6.07) is 11.7. The first-order chi connectivity index (χ1) is 17.4. The van der Waals surface area contributed by atoms with E-state index in [9.17, 15) is 18.7 Å². The van der Waals surface area contributed by atoms with Crippen LogP contribution in [0.2, 0.25) is 0 Å². The summed E-state index contributed by atoms with van der Waals surface area (Å²) in [4.78, 5) is 30.2. The van der Waals surface area contributed by atoms with Crippen molar-refractivity contribution in [3.05, 3.63) is 59.4 Å². The van der Waals surface area contributed by atoms with E-state index >= 15 is 0 Å². The van der Waals surface area contributed by atoms with Crippen LogP contribution in [0.4, 0.5) is 26.2 Å². The molecule has 2 fully saturated rings. The zero-order chi connectivity index (χ0) is 25.2. The van der Waals surface area contributed by atoms with Crippen molar-refractivity contribution in [2.24, 2.45) is 0 Å². The van der Waals surface area contributed by atoms with Crippen LogP contribution in [0, 0.1) is 6.92 Å². The molecule has 188 valence electrons. The summed E-state index contributed by atoms with van der Waals surface area (Å²) in [5.41, 5.74) is 1.10. The number of alkyl halides is 2. The van der Waals surface area contributed by atoms with Crippen LogP contribution in [-0.2, 0) is 4.74 Å². The Morgan fingerprint density at radius 1 is 1.08 bits per heavy atom. The highest BCUT2D eigenvalue weighted by atomic mass is 19.3. The van der Waals surface area contributed by atoms with Gasteiger partial charge in [-0.15, -0.1) is 0 Å². The van der Waals surface area contributed by atoms with Gasteiger partial charge in [-0.25, -0.2) is 18.7 Å². The summed E-state index contributed by atoms with van der Waals surface area (Å²) in [6.07, 6.45) is -3.33. The molecule has 0 bridgehead atoms. The molecule has 0 saturated carbocycles. The molecule has 0 unspecified atom stereocenters. The van der Waals surface area contributed by atoms with E-state index in [-0.39, 0.29) is 5.69 Å². The van der Waals surface area contributed by atoms with Crippen molar-refractivity contribution in [1.29, 1.82) is 0 Å². The van der Waals surface area contributed by atoms with Crippen molar-refractivity contribution in [2.75, 3.05) is 54.5 Å². The summed E-state index contributed by atoms with van der Waals surface area (Å²) in [5.74, 6) is 0.597. The minimum atomic E-state index is -2.88. The number of anilines is 3. The van der Waals surface area contributed by atoms with Crippen LogP contribution in [0.1, 0.15) is 28.2 Å². The number of aromatic nitrogens is 3. The lowest BCUT2D eigenvalue weighted by molar-refractivity contribution is 0.102. The Bertz CT molecular complexity index is 1250. The third-order valence-electron chi connectivity index (χ3n) is 6.19. The highest BCUT2D eigenvalue weighted by Gasteiger charge is 2.29. The van der Waals surface area contributed by atoms with E-state index in [0.29, 0.717) is 73.7 Å². The first kappa shape index (κ1) is 24.0. The quantitative estimate of drug-likeness (QED) is 0.537. The van der Waals surface area contributed by atoms with Crippen LogP contribution in [0.15, 0.2) is 42.5 Å². The normalized spacial score (nSPS) is 16.2. The predicted molar refractivity (Wildman–Crippen MR) is 131 cm³/mol. The Morgan fingerprint density at radius 3 is 2.47 bits per heavy atom. The molecule has 36 heavy (non-hydrogen) atoms. The van der Waals surface area contributed by atoms with Crippen LogP contribution in [0.3, 0.4) is 0 Å². The van der Waals surface area contributed by atoms with E-state index in [1.165, 1.54) is 6.07 Å². The molecule has 1 amide bonds. The second kappa shape index (κ2) is 10.1. The third-order valence-corrected chi connectivity index (χ3v) is 6.19. The van der Waals surface area contributed by atoms with Crippen LogP contribution in [-0.4, -0.2) is 71.5 Å². The number of nitrogens with one attached hydrogen (secondary N) is 1. The molecule has 11 heteroatoms. The number of pyridine rings is 1. The van der Waals surface area contributed by atoms with Gasteiger partial charge in [0.2, 0.25) is 5.95 Å². The Kier molecular flexibility index (Phi) is 6.75. The Hall–Kier alpha value is -3.70. The van der Waals surface area contributed by atoms with Gasteiger partial charge in [0.15, 0.2) is 0 Å². The molecule has 4 heterocycles. The molecular weight excluding hydrogens is 470 g/mol. The number of ether oxygens (including phenoxy) is 1. The summed E-state index contributed by atoms with van der Waals surface area (Å²) in [5, 5.41) is 12.4. The fourth-order valence-electron chi connectivity index (χ4n) is 4.21. The maximum atomic E-state index is 13.9. The molecular formula is C25H26F2N6O3. The fourth-order valence-corrected chi connectivity index (χ4v) is 4.21. The summed E-state index contributed by atoms with van der Waals surface area (Å²) < 4.78 is 33.2. The third kappa shape index (κ3) is 4.98. The van der Waals surface area contributed by atoms with Crippen LogP contribution >= 0.6 is 0 Å². The van der Waals surface area contributed by atoms with Gasteiger partial charge in [-0.05, 0) is 25.1 Å². The van der Waals surface area contributed by atoms with E-state index in [0.717, 1.165) is 0 Å². The van der Waals surface area contributed by atoms with Crippen molar-refractivity contribution in [2.45, 2.75) is 19.5 Å². The van der Waals surface area contributed by atoms with Gasteiger partial charge < -0.3 is 25.0 Å². The number of carbonyl (C=O) groups is 1. The van der Waals surface area contributed by atoms with Gasteiger partial charge in [0.25, 0.3) is 12.3 Å². The molecule has 2 N–H and O–H groups in total. The number of aliphatic hydroxyl groups excluding tert-OH is 1. The summed E-state index contributed by atoms with van der Waals surface area (Å²) in [6.45, 7) is 4.88. The van der Waals surface area contributed by atoms with E-state index in [4.69, 9.17) is 4.74 Å². The zero-order valence-electron chi connectivity index (χ0n) is 19.7. The lowest BCUT2D eigenvalue weighted by Crippen LogP contribution is -2.51. The standard InChI is InChI=1S/C25H26F2N6O3/c1-15-18(11-20(22(28-15)23(26)27)29-24(35)16-5-3-2-4-6-16)19-12-21(32-7-9-36-10-8-32)31-25(30-19)33-13-17(34)14-33/h2-6,11-12,17,23,34H,7-10,13-14H2,1H3,(H,29,35). The second-order valence-corrected chi connectivity index (χ2v) is 8.74. The molecule has 5 rings (SSSR count). The van der Waals surface area contributed by atoms with Gasteiger partial charge in [-0.3, -0.25) is 4.79 Å². The van der Waals surface area contributed by atoms with Crippen molar-refractivity contribution >= 4 is 23.4 Å². The molecule has 0 aliphatic carbocycles. The number of aryl methyl sites for hydroxylation is 1. The number of carbonyl (C=O) groups excluding carboxylic acids is 1. The Balaban J connectivity index is 1.56. The lowest BCUT2D eigenvalue weighted by Gasteiger charge is -2.37. The van der Waals surface area contributed by atoms with E-state index in [2.05, 4.69) is 25.2 Å². The van der Waals surface area contributed by atoms with Gasteiger partial charge >= 0.3 is 0 Å². The average molecular weight is 497 g/mol. The van der Waals surface area contributed by atoms with Gasteiger partial charge in [0, 0.05) is 49.1 Å². The molecule has 2 aliphatic rings. The second-order valence-electron chi connectivity index (χ2n) is 8.74. The maximum absolute atomic E-state index is 13.9. The largest absolute Gasteiger partial charge is 0.389 e. The van der Waals surface area contributed by atoms with Crippen LogP contribution < -0.4 is 15.1 Å². The number of hydrogen-bond acceptors (Lipinski definition) is 8. The average Bonchev–Trinajstić information content (AvgIpc) is 2.88. The smallest absolute Gasteiger partial charge is 0.282 e. The SMILES string of the molecule is Cc1nc(C(F)F)c(NC(=O)c2ccccc2)cc1-c1cc(N2CCOCC2)nc(N2CC(O)C2)n1. The number of aliphatic hydroxyl groups is 1. The van der Waals surface area contributed by atoms with Crippen molar-refractivity contribution in [1.82, 2.24) is 15.0 Å². The number of β-amino-alcohol motifs (C(OH)–C–C–N with tert-alkyl or cyclic N) is 1. The summed E-state index contributed by atoms with van der Waals surface area (Å²) >= 11 is 0. The molecule has 3 aromatic rings. The Morgan fingerprint density at radius 2 is 1.81 bits per heavy atom. The minimum absolute atomic E-state index is 0.0769. The van der Waals surface area contributed by atoms with E-state index in [1.54, 1.807) is 43.3 Å². The number of benzene rings is 1. The van der Waals surface area contributed by atoms with Crippen LogP contribution in [0.5, 0.6) is 0 Å². The first-order valence-electron chi connectivity index (χ1n) is 11.7. The number of rotatable bonds is 6. The number of hydrogen-bond donors (Lipinski definition) is 2. The minimum Gasteiger partial charge on any atom is -0.389 e. The molecule has 2 aromatic heterocycles. The van der Waals surface area contributed by atoms with Gasteiger partial charge in [-0.1, -0.05) is 18.2 Å². The van der Waals surface area contributed by atoms with Crippen LogP contribution in [0.25, 0.3) is 11.3 Å². The fraction of sp³-hybridized carbons (Fsp3) is 0.360. The van der Waals surface area contributed by atoms with Gasteiger partial charge in [-0.2, -0.15) is 4.98 Å². The molecule has 2 saturated heterocycles. The Labute approximate surface area is 206 Å². The first-order valence-corrected chi connectivity index (χ1v) is 11.7. The van der Waals surface area contributed by atoms with Crippen molar-refractivity contribution in [3.8, 4) is 11.3 Å². The highest BCUT2D eigenvalue weighted by Crippen LogP contribution is 2.34. The summed E-state index contributed by atoms with van der Waals surface area (Å²) in [7, 11) is 0. The zero-order valence-corrected chi connectivity index (χ0v) is 19.7. The predicted octanol–water partition coefficient (Wildman–Crippen LogP) is 3.05. The molecule has 2 aliphatic heterocycles. The van der Waals surface area contributed by atoms with Gasteiger partial charge in [0.1, 0.15) is 11.5 Å². The lowest BCUT2D eigenvalue weighted by atomic mass is 10.1. The monoisotopic (exact) mass is 496 g/mol. The van der Waals surface area contributed by atoms with Crippen molar-refractivity contribution < 1.29 is 23.4 Å².